The van der Waals surface area contributed by atoms with Gasteiger partial charge in [0.2, 0.25) is 0 Å². The first-order valence-corrected chi connectivity index (χ1v) is 7.06. The van der Waals surface area contributed by atoms with E-state index in [0.29, 0.717) is 12.2 Å². The van der Waals surface area contributed by atoms with Gasteiger partial charge in [0.25, 0.3) is 5.91 Å². The summed E-state index contributed by atoms with van der Waals surface area (Å²) >= 11 is 0. The third kappa shape index (κ3) is 3.84. The summed E-state index contributed by atoms with van der Waals surface area (Å²) in [6, 6.07) is 9.48. The van der Waals surface area contributed by atoms with Crippen molar-refractivity contribution < 1.29 is 14.7 Å². The lowest BCUT2D eigenvalue weighted by Gasteiger charge is -2.23. The van der Waals surface area contributed by atoms with E-state index in [1.54, 1.807) is 4.90 Å². The normalized spacial score (nSPS) is 11.0. The van der Waals surface area contributed by atoms with Gasteiger partial charge in [0.15, 0.2) is 0 Å². The van der Waals surface area contributed by atoms with Crippen molar-refractivity contribution in [3.63, 3.8) is 0 Å². The summed E-state index contributed by atoms with van der Waals surface area (Å²) < 4.78 is 0. The van der Waals surface area contributed by atoms with Gasteiger partial charge in [-0.15, -0.1) is 0 Å². The number of hydrogen-bond acceptors (Lipinski definition) is 2. The molecule has 5 nitrogen and oxygen atoms in total. The molecule has 0 radical (unpaired) electrons. The van der Waals surface area contributed by atoms with Gasteiger partial charge in [0, 0.05) is 24.0 Å². The van der Waals surface area contributed by atoms with Crippen molar-refractivity contribution in [3.05, 3.63) is 36.0 Å². The van der Waals surface area contributed by atoms with Crippen LogP contribution in [0.5, 0.6) is 0 Å². The highest BCUT2D eigenvalue weighted by molar-refractivity contribution is 5.98. The highest BCUT2D eigenvalue weighted by Gasteiger charge is 2.19. The lowest BCUT2D eigenvalue weighted by atomic mass is 10.2. The van der Waals surface area contributed by atoms with Crippen molar-refractivity contribution in [3.8, 4) is 0 Å². The number of nitrogens with one attached hydrogen (secondary N) is 1. The standard InChI is InChI=1S/C16H20N2O3/c1-11(2)10-18(8-7-15(19)20)16(21)14-9-12-5-3-4-6-13(12)17-14/h3-6,9,11,17H,7-8,10H2,1-2H3,(H,19,20). The number of benzene rings is 1. The second kappa shape index (κ2) is 6.43. The van der Waals surface area contributed by atoms with E-state index >= 15 is 0 Å². The highest BCUT2D eigenvalue weighted by Crippen LogP contribution is 2.16. The van der Waals surface area contributed by atoms with E-state index in [4.69, 9.17) is 5.11 Å². The van der Waals surface area contributed by atoms with Crippen molar-refractivity contribution in [2.75, 3.05) is 13.1 Å². The maximum absolute atomic E-state index is 12.6. The Morgan fingerprint density at radius 2 is 2.00 bits per heavy atom. The van der Waals surface area contributed by atoms with Crippen LogP contribution < -0.4 is 0 Å². The smallest absolute Gasteiger partial charge is 0.305 e. The molecule has 1 amide bonds. The predicted octanol–water partition coefficient (Wildman–Crippen LogP) is 2.74. The van der Waals surface area contributed by atoms with Gasteiger partial charge in [0.05, 0.1) is 6.42 Å². The van der Waals surface area contributed by atoms with E-state index in [-0.39, 0.29) is 24.8 Å². The van der Waals surface area contributed by atoms with Crippen LogP contribution in [0.25, 0.3) is 10.9 Å². The quantitative estimate of drug-likeness (QED) is 0.858. The fourth-order valence-corrected chi connectivity index (χ4v) is 2.31. The molecule has 0 aliphatic heterocycles. The summed E-state index contributed by atoms with van der Waals surface area (Å²) in [5.74, 6) is -0.763. The molecule has 0 saturated heterocycles. The molecule has 1 heterocycles. The van der Waals surface area contributed by atoms with E-state index in [2.05, 4.69) is 4.98 Å². The molecule has 2 rings (SSSR count). The van der Waals surface area contributed by atoms with Crippen molar-refractivity contribution in [2.45, 2.75) is 20.3 Å². The van der Waals surface area contributed by atoms with Crippen LogP contribution in [-0.2, 0) is 4.79 Å². The molecular formula is C16H20N2O3. The zero-order valence-electron chi connectivity index (χ0n) is 12.3. The molecule has 21 heavy (non-hydrogen) atoms. The Morgan fingerprint density at radius 1 is 1.29 bits per heavy atom. The SMILES string of the molecule is CC(C)CN(CCC(=O)O)C(=O)c1cc2ccccc2[nH]1. The summed E-state index contributed by atoms with van der Waals surface area (Å²) in [6.07, 6.45) is -0.0430. The fourth-order valence-electron chi connectivity index (χ4n) is 2.31. The molecule has 0 saturated carbocycles. The van der Waals surface area contributed by atoms with Crippen molar-refractivity contribution in [1.82, 2.24) is 9.88 Å². The Labute approximate surface area is 123 Å². The van der Waals surface area contributed by atoms with Crippen LogP contribution in [0.3, 0.4) is 0 Å². The molecule has 0 aliphatic rings. The maximum Gasteiger partial charge on any atom is 0.305 e. The Hall–Kier alpha value is -2.30. The first kappa shape index (κ1) is 15.1. The number of carbonyl (C=O) groups is 2. The molecule has 0 unspecified atom stereocenters. The second-order valence-electron chi connectivity index (χ2n) is 5.56. The van der Waals surface area contributed by atoms with E-state index < -0.39 is 5.97 Å². The molecule has 1 aromatic heterocycles. The van der Waals surface area contributed by atoms with Crippen molar-refractivity contribution in [2.24, 2.45) is 5.92 Å². The van der Waals surface area contributed by atoms with Gasteiger partial charge in [0.1, 0.15) is 5.69 Å². The van der Waals surface area contributed by atoms with Crippen molar-refractivity contribution >= 4 is 22.8 Å². The minimum absolute atomic E-state index is 0.0430. The zero-order chi connectivity index (χ0) is 15.4. The van der Waals surface area contributed by atoms with Gasteiger partial charge < -0.3 is 15.0 Å². The van der Waals surface area contributed by atoms with E-state index in [1.807, 2.05) is 44.2 Å². The molecule has 112 valence electrons. The van der Waals surface area contributed by atoms with Crippen molar-refractivity contribution in [1.29, 1.82) is 0 Å². The van der Waals surface area contributed by atoms with Crippen LogP contribution in [0.2, 0.25) is 0 Å². The number of aromatic nitrogens is 1. The first-order valence-electron chi connectivity index (χ1n) is 7.06. The largest absolute Gasteiger partial charge is 0.481 e. The Bertz CT molecular complexity index is 613. The molecular weight excluding hydrogens is 268 g/mol. The number of carboxylic acid groups (broad SMARTS) is 1. The number of H-pyrrole nitrogens is 1. The highest BCUT2D eigenvalue weighted by atomic mass is 16.4. The summed E-state index contributed by atoms with van der Waals surface area (Å²) in [7, 11) is 0. The number of para-hydroxylation sites is 1. The molecule has 0 spiro atoms. The maximum atomic E-state index is 12.6. The van der Waals surface area contributed by atoms with Crippen LogP contribution >= 0.6 is 0 Å². The number of rotatable bonds is 6. The number of carboxylic acids is 1. The van der Waals surface area contributed by atoms with Crippen LogP contribution in [0.1, 0.15) is 30.8 Å². The third-order valence-electron chi connectivity index (χ3n) is 3.23. The van der Waals surface area contributed by atoms with Crippen LogP contribution in [0.4, 0.5) is 0 Å². The van der Waals surface area contributed by atoms with Gasteiger partial charge in [-0.05, 0) is 18.1 Å². The summed E-state index contributed by atoms with van der Waals surface area (Å²) in [6.45, 7) is 4.78. The monoisotopic (exact) mass is 288 g/mol. The van der Waals surface area contributed by atoms with Crippen LogP contribution in [0, 0.1) is 5.92 Å². The zero-order valence-corrected chi connectivity index (χ0v) is 12.3. The number of nitrogens with zero attached hydrogens (tertiary/aromatic N) is 1. The summed E-state index contributed by atoms with van der Waals surface area (Å²) in [4.78, 5) is 28.0. The van der Waals surface area contributed by atoms with E-state index in [9.17, 15) is 9.59 Å². The Morgan fingerprint density at radius 3 is 2.62 bits per heavy atom. The number of fused-ring (bicyclic) bond motifs is 1. The Kier molecular flexibility index (Phi) is 4.62. The summed E-state index contributed by atoms with van der Waals surface area (Å²) in [5, 5.41) is 9.79. The molecule has 5 heteroatoms. The minimum atomic E-state index is -0.895. The lowest BCUT2D eigenvalue weighted by Crippen LogP contribution is -2.36. The minimum Gasteiger partial charge on any atom is -0.481 e. The van der Waals surface area contributed by atoms with Gasteiger partial charge in [-0.25, -0.2) is 0 Å². The molecule has 1 aromatic carbocycles. The van der Waals surface area contributed by atoms with Gasteiger partial charge in [-0.2, -0.15) is 0 Å². The predicted molar refractivity (Wildman–Crippen MR) is 81.3 cm³/mol. The van der Waals surface area contributed by atoms with Gasteiger partial charge in [-0.1, -0.05) is 32.0 Å². The molecule has 2 aromatic rings. The number of carbonyl (C=O) groups excluding carboxylic acids is 1. The van der Waals surface area contributed by atoms with E-state index in [0.717, 1.165) is 10.9 Å². The van der Waals surface area contributed by atoms with Crippen LogP contribution in [-0.4, -0.2) is 40.0 Å². The number of aliphatic carboxylic acids is 1. The average molecular weight is 288 g/mol. The molecule has 0 bridgehead atoms. The average Bonchev–Trinajstić information content (AvgIpc) is 2.86. The topological polar surface area (TPSA) is 73.4 Å². The lowest BCUT2D eigenvalue weighted by molar-refractivity contribution is -0.137. The second-order valence-corrected chi connectivity index (χ2v) is 5.56. The first-order chi connectivity index (χ1) is 9.97. The van der Waals surface area contributed by atoms with Gasteiger partial charge in [-0.3, -0.25) is 9.59 Å². The Balaban J connectivity index is 2.21. The number of aromatic amines is 1. The molecule has 0 fully saturated rings. The summed E-state index contributed by atoms with van der Waals surface area (Å²) in [5.41, 5.74) is 1.41. The van der Waals surface area contributed by atoms with Gasteiger partial charge >= 0.3 is 5.97 Å². The van der Waals surface area contributed by atoms with Crippen LogP contribution in [0.15, 0.2) is 30.3 Å². The molecule has 0 atom stereocenters. The molecule has 2 N–H and O–H groups in total. The third-order valence-corrected chi connectivity index (χ3v) is 3.23. The number of amides is 1. The fraction of sp³-hybridized carbons (Fsp3) is 0.375. The van der Waals surface area contributed by atoms with E-state index in [1.165, 1.54) is 0 Å². The molecule has 0 aliphatic carbocycles. The number of hydrogen-bond donors (Lipinski definition) is 2.